The normalized spacial score (nSPS) is 26.9. The summed E-state index contributed by atoms with van der Waals surface area (Å²) in [4.78, 5) is 19.4. The van der Waals surface area contributed by atoms with Crippen molar-refractivity contribution in [2.45, 2.75) is 18.2 Å². The third-order valence-corrected chi connectivity index (χ3v) is 6.79. The number of rotatable bonds is 2. The topological polar surface area (TPSA) is 59.3 Å². The molecule has 3 heterocycles. The van der Waals surface area contributed by atoms with E-state index in [9.17, 15) is 9.90 Å². The Balaban J connectivity index is 1.78. The molecule has 0 fully saturated rings. The van der Waals surface area contributed by atoms with Gasteiger partial charge in [-0.1, -0.05) is 41.9 Å². The van der Waals surface area contributed by atoms with Crippen molar-refractivity contribution >= 4 is 45.8 Å². The first-order valence-corrected chi connectivity index (χ1v) is 9.63. The predicted molar refractivity (Wildman–Crippen MR) is 93.3 cm³/mol. The van der Waals surface area contributed by atoms with Crippen molar-refractivity contribution in [1.82, 2.24) is 9.88 Å². The monoisotopic (exact) mass is 379 g/mol. The molecule has 1 amide bonds. The first kappa shape index (κ1) is 16.1. The number of benzene rings is 1. The van der Waals surface area contributed by atoms with Crippen LogP contribution in [0.25, 0.3) is 0 Å². The Kier molecular flexibility index (Phi) is 4.12. The number of hydrogen-bond donors (Lipinski definition) is 0. The van der Waals surface area contributed by atoms with Gasteiger partial charge in [0.2, 0.25) is 0 Å². The quantitative estimate of drug-likeness (QED) is 0.748. The van der Waals surface area contributed by atoms with Crippen molar-refractivity contribution in [2.75, 3.05) is 12.8 Å². The minimum absolute atomic E-state index is 0.0979. The fourth-order valence-electron chi connectivity index (χ4n) is 3.19. The molecule has 24 heavy (non-hydrogen) atoms. The Morgan fingerprint density at radius 1 is 1.38 bits per heavy atom. The van der Waals surface area contributed by atoms with Crippen molar-refractivity contribution in [3.05, 3.63) is 51.4 Å². The van der Waals surface area contributed by atoms with Gasteiger partial charge in [0.15, 0.2) is 4.47 Å². The second-order valence-electron chi connectivity index (χ2n) is 5.71. The van der Waals surface area contributed by atoms with E-state index in [0.717, 1.165) is 15.6 Å². The van der Waals surface area contributed by atoms with E-state index in [1.807, 2.05) is 34.9 Å². The van der Waals surface area contributed by atoms with Gasteiger partial charge in [-0.15, -0.1) is 11.3 Å². The van der Waals surface area contributed by atoms with Gasteiger partial charge in [0, 0.05) is 12.4 Å². The van der Waals surface area contributed by atoms with Crippen molar-refractivity contribution in [1.29, 1.82) is 0 Å². The summed E-state index contributed by atoms with van der Waals surface area (Å²) < 4.78 is 2.28. The SMILES string of the molecule is CN1C(=O)C(c2ccccc2)C([O-])[N+]2=C1SCC2c1cnc(Cl)s1. The van der Waals surface area contributed by atoms with Crippen LogP contribution in [-0.2, 0) is 4.79 Å². The van der Waals surface area contributed by atoms with Gasteiger partial charge in [-0.2, -0.15) is 4.90 Å². The van der Waals surface area contributed by atoms with Crippen LogP contribution < -0.4 is 5.11 Å². The number of likely N-dealkylation sites (N-methyl/N-ethyl adjacent to an activating group) is 1. The number of carbonyl (C=O) groups excluding carboxylic acids is 1. The minimum atomic E-state index is -1.16. The molecule has 3 unspecified atom stereocenters. The lowest BCUT2D eigenvalue weighted by Crippen LogP contribution is -2.57. The van der Waals surface area contributed by atoms with Crippen LogP contribution in [0.5, 0.6) is 0 Å². The van der Waals surface area contributed by atoms with Crippen LogP contribution in [0.4, 0.5) is 0 Å². The molecular formula is C16H14ClN3O2S2. The highest BCUT2D eigenvalue weighted by Gasteiger charge is 2.49. The molecule has 8 heteroatoms. The molecular weight excluding hydrogens is 366 g/mol. The van der Waals surface area contributed by atoms with Crippen LogP contribution >= 0.6 is 34.7 Å². The highest BCUT2D eigenvalue weighted by Crippen LogP contribution is 2.40. The smallest absolute Gasteiger partial charge is 0.320 e. The van der Waals surface area contributed by atoms with E-state index in [4.69, 9.17) is 11.6 Å². The fourth-order valence-corrected chi connectivity index (χ4v) is 5.66. The summed E-state index contributed by atoms with van der Waals surface area (Å²) >= 11 is 8.88. The Morgan fingerprint density at radius 3 is 2.79 bits per heavy atom. The lowest BCUT2D eigenvalue weighted by atomic mass is 9.94. The molecule has 0 aliphatic carbocycles. The number of thiazole rings is 1. The Hall–Kier alpha value is -1.41. The van der Waals surface area contributed by atoms with Gasteiger partial charge < -0.3 is 5.11 Å². The lowest BCUT2D eigenvalue weighted by Gasteiger charge is -2.37. The predicted octanol–water partition coefficient (Wildman–Crippen LogP) is 1.90. The van der Waals surface area contributed by atoms with E-state index in [0.29, 0.717) is 10.2 Å². The highest BCUT2D eigenvalue weighted by molar-refractivity contribution is 8.13. The molecule has 0 radical (unpaired) electrons. The number of thioether (sulfide) groups is 1. The minimum Gasteiger partial charge on any atom is -0.817 e. The largest absolute Gasteiger partial charge is 0.817 e. The molecule has 0 saturated carbocycles. The molecule has 4 rings (SSSR count). The molecule has 2 aliphatic heterocycles. The molecule has 1 aromatic heterocycles. The van der Waals surface area contributed by atoms with E-state index in [2.05, 4.69) is 4.98 Å². The molecule has 0 spiro atoms. The van der Waals surface area contributed by atoms with Crippen LogP contribution in [0.1, 0.15) is 22.4 Å². The van der Waals surface area contributed by atoms with E-state index >= 15 is 0 Å². The average molecular weight is 380 g/mol. The lowest BCUT2D eigenvalue weighted by molar-refractivity contribution is -0.750. The van der Waals surface area contributed by atoms with Crippen molar-refractivity contribution < 1.29 is 14.5 Å². The maximum absolute atomic E-state index is 13.2. The van der Waals surface area contributed by atoms with Gasteiger partial charge in [-0.25, -0.2) is 9.78 Å². The summed E-state index contributed by atoms with van der Waals surface area (Å²) in [6, 6.07) is 9.18. The van der Waals surface area contributed by atoms with Gasteiger partial charge in [0.1, 0.15) is 12.0 Å². The van der Waals surface area contributed by atoms with Gasteiger partial charge in [0.25, 0.3) is 0 Å². The second kappa shape index (κ2) is 6.15. The number of amidine groups is 1. The van der Waals surface area contributed by atoms with E-state index in [1.54, 1.807) is 18.1 Å². The molecule has 5 nitrogen and oxygen atoms in total. The van der Waals surface area contributed by atoms with Gasteiger partial charge >= 0.3 is 11.1 Å². The molecule has 2 aliphatic rings. The van der Waals surface area contributed by atoms with E-state index in [1.165, 1.54) is 23.1 Å². The Bertz CT molecular complexity index is 824. The van der Waals surface area contributed by atoms with Crippen molar-refractivity contribution in [3.8, 4) is 0 Å². The second-order valence-corrected chi connectivity index (χ2v) is 8.34. The number of carbonyl (C=O) groups is 1. The van der Waals surface area contributed by atoms with E-state index < -0.39 is 12.1 Å². The zero-order chi connectivity index (χ0) is 16.8. The van der Waals surface area contributed by atoms with Gasteiger partial charge in [0.05, 0.1) is 17.7 Å². The average Bonchev–Trinajstić information content (AvgIpc) is 3.20. The number of halogens is 1. The third-order valence-electron chi connectivity index (χ3n) is 4.35. The third kappa shape index (κ3) is 2.47. The van der Waals surface area contributed by atoms with Crippen LogP contribution in [-0.4, -0.2) is 44.6 Å². The summed E-state index contributed by atoms with van der Waals surface area (Å²) in [5, 5.41) is 14.0. The van der Waals surface area contributed by atoms with E-state index in [-0.39, 0.29) is 11.9 Å². The standard InChI is InChI=1S/C16H14ClN3O2S2/c1-19-13(21)12(9-5-3-2-4-6-9)14(22)20-10(8-23-16(19)20)11-7-18-15(17)24-11/h2-7,10,12,14H,8H2,1H3. The Morgan fingerprint density at radius 2 is 2.12 bits per heavy atom. The number of amides is 1. The summed E-state index contributed by atoms with van der Waals surface area (Å²) in [6.45, 7) is 0. The van der Waals surface area contributed by atoms with Gasteiger partial charge in [-0.3, -0.25) is 4.58 Å². The maximum Gasteiger partial charge on any atom is 0.320 e. The maximum atomic E-state index is 13.2. The summed E-state index contributed by atoms with van der Waals surface area (Å²) in [5.41, 5.74) is 0.756. The number of aromatic nitrogens is 1. The summed E-state index contributed by atoms with van der Waals surface area (Å²) in [5.74, 6) is -0.154. The molecule has 1 aromatic carbocycles. The molecule has 3 atom stereocenters. The van der Waals surface area contributed by atoms with Gasteiger partial charge in [-0.05, 0) is 17.3 Å². The summed E-state index contributed by atoms with van der Waals surface area (Å²) in [6.07, 6.45) is 0.564. The molecule has 124 valence electrons. The zero-order valence-electron chi connectivity index (χ0n) is 12.8. The van der Waals surface area contributed by atoms with Crippen molar-refractivity contribution in [3.63, 3.8) is 0 Å². The zero-order valence-corrected chi connectivity index (χ0v) is 15.1. The first-order chi connectivity index (χ1) is 11.6. The highest BCUT2D eigenvalue weighted by atomic mass is 35.5. The van der Waals surface area contributed by atoms with Crippen LogP contribution in [0, 0.1) is 0 Å². The molecule has 0 bridgehead atoms. The molecule has 0 N–H and O–H groups in total. The van der Waals surface area contributed by atoms with Crippen LogP contribution in [0.15, 0.2) is 36.5 Å². The summed E-state index contributed by atoms with van der Waals surface area (Å²) in [7, 11) is 1.74. The number of hydrogen-bond acceptors (Lipinski definition) is 5. The molecule has 2 aromatic rings. The fraction of sp³-hybridized carbons (Fsp3) is 0.312. The van der Waals surface area contributed by atoms with Crippen molar-refractivity contribution in [2.24, 2.45) is 0 Å². The first-order valence-electron chi connectivity index (χ1n) is 7.45. The molecule has 0 saturated heterocycles. The number of nitrogens with zero attached hydrogens (tertiary/aromatic N) is 3. The Labute approximate surface area is 152 Å². The van der Waals surface area contributed by atoms with Crippen LogP contribution in [0.2, 0.25) is 4.47 Å². The van der Waals surface area contributed by atoms with Crippen LogP contribution in [0.3, 0.4) is 0 Å².